The van der Waals surface area contributed by atoms with E-state index in [0.29, 0.717) is 11.4 Å². The average Bonchev–Trinajstić information content (AvgIpc) is 3.03. The first kappa shape index (κ1) is 17.4. The summed E-state index contributed by atoms with van der Waals surface area (Å²) in [5, 5.41) is 10.7. The molecule has 0 saturated heterocycles. The number of aromatic nitrogens is 3. The Labute approximate surface area is 158 Å². The van der Waals surface area contributed by atoms with Crippen molar-refractivity contribution in [1.29, 1.82) is 0 Å². The second-order valence-corrected chi connectivity index (χ2v) is 6.37. The number of aromatic amines is 1. The molecule has 0 aliphatic rings. The number of H-pyrrole nitrogens is 1. The molecule has 1 heterocycles. The van der Waals surface area contributed by atoms with Crippen LogP contribution in [0.4, 0.5) is 0 Å². The molecule has 0 spiro atoms. The van der Waals surface area contributed by atoms with Gasteiger partial charge in [-0.15, -0.1) is 0 Å². The number of methoxy groups -OCH3 is 1. The van der Waals surface area contributed by atoms with E-state index in [1.807, 2.05) is 42.5 Å². The molecule has 25 heavy (non-hydrogen) atoms. The van der Waals surface area contributed by atoms with Crippen LogP contribution in [0.3, 0.4) is 0 Å². The van der Waals surface area contributed by atoms with Crippen molar-refractivity contribution in [1.82, 2.24) is 14.9 Å². The smallest absolute Gasteiger partial charge is 0.216 e. The van der Waals surface area contributed by atoms with Crippen molar-refractivity contribution in [3.8, 4) is 11.5 Å². The van der Waals surface area contributed by atoms with Crippen molar-refractivity contribution in [2.45, 2.75) is 6.61 Å². The maximum atomic E-state index is 5.85. The zero-order chi connectivity index (χ0) is 17.6. The molecule has 1 aromatic heterocycles. The van der Waals surface area contributed by atoms with Crippen LogP contribution in [-0.4, -0.2) is 28.2 Å². The fraction of sp³-hybridized carbons (Fsp3) is 0.118. The van der Waals surface area contributed by atoms with Gasteiger partial charge in [0.05, 0.1) is 13.3 Å². The number of ether oxygens (including phenoxy) is 2. The van der Waals surface area contributed by atoms with Crippen LogP contribution < -0.4 is 9.47 Å². The first-order chi connectivity index (χ1) is 12.2. The van der Waals surface area contributed by atoms with Crippen molar-refractivity contribution < 1.29 is 9.47 Å². The molecule has 6 nitrogen and oxygen atoms in total. The van der Waals surface area contributed by atoms with E-state index < -0.39 is 0 Å². The van der Waals surface area contributed by atoms with E-state index >= 15 is 0 Å². The second kappa shape index (κ2) is 8.09. The lowest BCUT2D eigenvalue weighted by atomic mass is 10.1. The molecule has 0 radical (unpaired) electrons. The summed E-state index contributed by atoms with van der Waals surface area (Å²) in [6, 6.07) is 13.5. The van der Waals surface area contributed by atoms with E-state index in [1.165, 1.54) is 11.0 Å². The van der Waals surface area contributed by atoms with Crippen LogP contribution in [0, 0.1) is 4.77 Å². The third-order valence-electron chi connectivity index (χ3n) is 3.36. The SMILES string of the molecule is COc1ccc(/C=N/n2cn[nH]c2=S)cc1COc1cccc(Br)c1. The third kappa shape index (κ3) is 4.55. The van der Waals surface area contributed by atoms with Crippen molar-refractivity contribution in [3.63, 3.8) is 0 Å². The first-order valence-electron chi connectivity index (χ1n) is 7.37. The molecule has 0 aliphatic carbocycles. The number of hydrogen-bond acceptors (Lipinski definition) is 5. The molecule has 0 atom stereocenters. The van der Waals surface area contributed by atoms with Gasteiger partial charge in [0.15, 0.2) is 0 Å². The maximum absolute atomic E-state index is 5.85. The van der Waals surface area contributed by atoms with Gasteiger partial charge in [-0.1, -0.05) is 22.0 Å². The number of hydrogen-bond donors (Lipinski definition) is 1. The van der Waals surface area contributed by atoms with Gasteiger partial charge in [-0.3, -0.25) is 5.10 Å². The lowest BCUT2D eigenvalue weighted by Crippen LogP contribution is -2.00. The van der Waals surface area contributed by atoms with Crippen molar-refractivity contribution in [2.24, 2.45) is 5.10 Å². The van der Waals surface area contributed by atoms with Gasteiger partial charge in [0, 0.05) is 10.0 Å². The van der Waals surface area contributed by atoms with E-state index in [1.54, 1.807) is 13.3 Å². The van der Waals surface area contributed by atoms with Gasteiger partial charge in [-0.2, -0.15) is 14.9 Å². The van der Waals surface area contributed by atoms with Gasteiger partial charge in [0.2, 0.25) is 4.77 Å². The van der Waals surface area contributed by atoms with Crippen LogP contribution in [0.2, 0.25) is 0 Å². The number of nitrogens with zero attached hydrogens (tertiary/aromatic N) is 3. The number of halogens is 1. The van der Waals surface area contributed by atoms with E-state index in [0.717, 1.165) is 27.1 Å². The summed E-state index contributed by atoms with van der Waals surface area (Å²) in [5.41, 5.74) is 1.82. The summed E-state index contributed by atoms with van der Waals surface area (Å²) < 4.78 is 14.1. The Morgan fingerprint density at radius 2 is 2.20 bits per heavy atom. The molecule has 0 bridgehead atoms. The van der Waals surface area contributed by atoms with Gasteiger partial charge >= 0.3 is 0 Å². The Morgan fingerprint density at radius 1 is 1.32 bits per heavy atom. The van der Waals surface area contributed by atoms with Crippen LogP contribution >= 0.6 is 28.1 Å². The number of benzene rings is 2. The topological polar surface area (TPSA) is 64.4 Å². The monoisotopic (exact) mass is 418 g/mol. The molecule has 3 rings (SSSR count). The molecule has 8 heteroatoms. The highest BCUT2D eigenvalue weighted by molar-refractivity contribution is 9.10. The molecule has 1 N–H and O–H groups in total. The fourth-order valence-corrected chi connectivity index (χ4v) is 2.69. The predicted molar refractivity (Wildman–Crippen MR) is 102 cm³/mol. The van der Waals surface area contributed by atoms with Gasteiger partial charge < -0.3 is 9.47 Å². The van der Waals surface area contributed by atoms with E-state index in [-0.39, 0.29) is 0 Å². The molecule has 2 aromatic carbocycles. The van der Waals surface area contributed by atoms with Crippen LogP contribution in [-0.2, 0) is 6.61 Å². The van der Waals surface area contributed by atoms with Crippen LogP contribution in [0.25, 0.3) is 0 Å². The minimum atomic E-state index is 0.381. The molecule has 3 aromatic rings. The molecule has 0 saturated carbocycles. The summed E-state index contributed by atoms with van der Waals surface area (Å²) >= 11 is 8.49. The van der Waals surface area contributed by atoms with Gasteiger partial charge in [-0.05, 0) is 54.2 Å². The molecule has 0 aliphatic heterocycles. The van der Waals surface area contributed by atoms with Gasteiger partial charge in [0.25, 0.3) is 0 Å². The Morgan fingerprint density at radius 3 is 2.92 bits per heavy atom. The summed E-state index contributed by atoms with van der Waals surface area (Å²) in [6.45, 7) is 0.381. The Hall–Kier alpha value is -2.45. The minimum absolute atomic E-state index is 0.381. The maximum Gasteiger partial charge on any atom is 0.216 e. The number of rotatable bonds is 6. The van der Waals surface area contributed by atoms with E-state index in [9.17, 15) is 0 Å². The summed E-state index contributed by atoms with van der Waals surface area (Å²) in [4.78, 5) is 0. The molecule has 0 unspecified atom stereocenters. The summed E-state index contributed by atoms with van der Waals surface area (Å²) in [7, 11) is 1.64. The Kier molecular flexibility index (Phi) is 5.62. The second-order valence-electron chi connectivity index (χ2n) is 5.07. The quantitative estimate of drug-likeness (QED) is 0.481. The standard InChI is InChI=1S/C17H15BrN4O2S/c1-23-16-6-5-12(9-20-22-11-19-21-17(22)25)7-13(16)10-24-15-4-2-3-14(18)8-15/h2-9,11H,10H2,1H3,(H,21,25)/b20-9+. The summed E-state index contributed by atoms with van der Waals surface area (Å²) in [6.07, 6.45) is 3.22. The molecular formula is C17H15BrN4O2S. The highest BCUT2D eigenvalue weighted by atomic mass is 79.9. The zero-order valence-electron chi connectivity index (χ0n) is 13.3. The lowest BCUT2D eigenvalue weighted by molar-refractivity contribution is 0.296. The van der Waals surface area contributed by atoms with E-state index in [4.69, 9.17) is 21.7 Å². The molecule has 128 valence electrons. The van der Waals surface area contributed by atoms with Crippen LogP contribution in [0.15, 0.2) is 58.4 Å². The summed E-state index contributed by atoms with van der Waals surface area (Å²) in [5.74, 6) is 1.53. The van der Waals surface area contributed by atoms with E-state index in [2.05, 4.69) is 31.2 Å². The lowest BCUT2D eigenvalue weighted by Gasteiger charge is -2.11. The largest absolute Gasteiger partial charge is 0.496 e. The van der Waals surface area contributed by atoms with Gasteiger partial charge in [-0.25, -0.2) is 0 Å². The first-order valence-corrected chi connectivity index (χ1v) is 8.57. The third-order valence-corrected chi connectivity index (χ3v) is 4.13. The highest BCUT2D eigenvalue weighted by Crippen LogP contribution is 2.23. The minimum Gasteiger partial charge on any atom is -0.496 e. The van der Waals surface area contributed by atoms with Crippen molar-refractivity contribution in [3.05, 3.63) is 69.2 Å². The highest BCUT2D eigenvalue weighted by Gasteiger charge is 2.06. The molecular weight excluding hydrogens is 404 g/mol. The van der Waals surface area contributed by atoms with Crippen LogP contribution in [0.1, 0.15) is 11.1 Å². The molecule has 0 fully saturated rings. The predicted octanol–water partition coefficient (Wildman–Crippen LogP) is 4.17. The van der Waals surface area contributed by atoms with Crippen LogP contribution in [0.5, 0.6) is 11.5 Å². The normalized spacial score (nSPS) is 11.0. The Balaban J connectivity index is 1.79. The van der Waals surface area contributed by atoms with Crippen molar-refractivity contribution in [2.75, 3.05) is 7.11 Å². The fourth-order valence-electron chi connectivity index (χ4n) is 2.16. The molecule has 0 amide bonds. The zero-order valence-corrected chi connectivity index (χ0v) is 15.8. The van der Waals surface area contributed by atoms with Gasteiger partial charge in [0.1, 0.15) is 24.4 Å². The number of nitrogens with one attached hydrogen (secondary N) is 1. The average molecular weight is 419 g/mol. The Bertz CT molecular complexity index is 952. The van der Waals surface area contributed by atoms with Crippen molar-refractivity contribution >= 4 is 34.4 Å².